The SMILES string of the molecule is Cc1ccc(NC(=O)/C(C#N)=C\c2cc(Br)cc(Br)c2OCC(=O)Nc2ccc(Cl)cc2)cc1. The van der Waals surface area contributed by atoms with E-state index in [1.807, 2.05) is 25.1 Å². The molecule has 0 radical (unpaired) electrons. The van der Waals surface area contributed by atoms with Gasteiger partial charge in [0.1, 0.15) is 17.4 Å². The van der Waals surface area contributed by atoms with E-state index in [9.17, 15) is 14.9 Å². The van der Waals surface area contributed by atoms with Crippen LogP contribution in [0.2, 0.25) is 5.02 Å². The lowest BCUT2D eigenvalue weighted by molar-refractivity contribution is -0.118. The van der Waals surface area contributed by atoms with Crippen LogP contribution in [0.5, 0.6) is 5.75 Å². The van der Waals surface area contributed by atoms with Crippen LogP contribution in [0, 0.1) is 18.3 Å². The number of carbonyl (C=O) groups is 2. The molecule has 6 nitrogen and oxygen atoms in total. The first-order valence-corrected chi connectivity index (χ1v) is 11.9. The smallest absolute Gasteiger partial charge is 0.266 e. The monoisotopic (exact) mass is 601 g/mol. The minimum atomic E-state index is -0.561. The Bertz CT molecular complexity index is 1280. The summed E-state index contributed by atoms with van der Waals surface area (Å²) in [5.74, 6) is -0.635. The summed E-state index contributed by atoms with van der Waals surface area (Å²) in [5.41, 5.74) is 2.52. The van der Waals surface area contributed by atoms with E-state index in [2.05, 4.69) is 42.5 Å². The van der Waals surface area contributed by atoms with Gasteiger partial charge in [-0.15, -0.1) is 0 Å². The van der Waals surface area contributed by atoms with E-state index in [0.717, 1.165) is 5.56 Å². The number of benzene rings is 3. The fraction of sp³-hybridized carbons (Fsp3) is 0.0800. The van der Waals surface area contributed by atoms with Crippen LogP contribution in [0.1, 0.15) is 11.1 Å². The molecule has 3 rings (SSSR count). The van der Waals surface area contributed by atoms with E-state index in [0.29, 0.717) is 36.7 Å². The number of carbonyl (C=O) groups excluding carboxylic acids is 2. The lowest BCUT2D eigenvalue weighted by atomic mass is 10.1. The number of rotatable bonds is 7. The van der Waals surface area contributed by atoms with Gasteiger partial charge in [-0.1, -0.05) is 45.2 Å². The predicted molar refractivity (Wildman–Crippen MR) is 141 cm³/mol. The van der Waals surface area contributed by atoms with Gasteiger partial charge >= 0.3 is 0 Å². The zero-order valence-electron chi connectivity index (χ0n) is 17.9. The van der Waals surface area contributed by atoms with Crippen molar-refractivity contribution in [2.24, 2.45) is 0 Å². The Labute approximate surface area is 218 Å². The summed E-state index contributed by atoms with van der Waals surface area (Å²) < 4.78 is 6.99. The second-order valence-corrected chi connectivity index (χ2v) is 9.35. The minimum absolute atomic E-state index is 0.124. The lowest BCUT2D eigenvalue weighted by Gasteiger charge is -2.13. The highest BCUT2D eigenvalue weighted by molar-refractivity contribution is 9.11. The Morgan fingerprint density at radius 1 is 1.03 bits per heavy atom. The normalized spacial score (nSPS) is 10.9. The Hall–Kier alpha value is -3.12. The van der Waals surface area contributed by atoms with E-state index >= 15 is 0 Å². The second-order valence-electron chi connectivity index (χ2n) is 7.14. The number of ether oxygens (including phenoxy) is 1. The molecule has 34 heavy (non-hydrogen) atoms. The molecule has 0 fully saturated rings. The number of hydrogen-bond donors (Lipinski definition) is 2. The van der Waals surface area contributed by atoms with Gasteiger partial charge in [-0.3, -0.25) is 9.59 Å². The highest BCUT2D eigenvalue weighted by Gasteiger charge is 2.15. The average Bonchev–Trinajstić information content (AvgIpc) is 2.79. The van der Waals surface area contributed by atoms with Gasteiger partial charge in [0, 0.05) is 26.4 Å². The molecule has 172 valence electrons. The van der Waals surface area contributed by atoms with Crippen molar-refractivity contribution in [3.8, 4) is 11.8 Å². The van der Waals surface area contributed by atoms with Gasteiger partial charge in [0.05, 0.1) is 4.47 Å². The molecule has 0 unspecified atom stereocenters. The second kappa shape index (κ2) is 11.8. The Balaban J connectivity index is 1.79. The molecule has 0 saturated carbocycles. The molecule has 2 amide bonds. The Morgan fingerprint density at radius 3 is 2.29 bits per heavy atom. The average molecular weight is 604 g/mol. The number of hydrogen-bond acceptors (Lipinski definition) is 4. The van der Waals surface area contributed by atoms with Crippen LogP contribution in [-0.4, -0.2) is 18.4 Å². The third-order valence-corrected chi connectivity index (χ3v) is 5.79. The first-order chi connectivity index (χ1) is 16.2. The molecule has 0 bridgehead atoms. The van der Waals surface area contributed by atoms with Crippen molar-refractivity contribution in [1.82, 2.24) is 0 Å². The fourth-order valence-corrected chi connectivity index (χ4v) is 4.35. The summed E-state index contributed by atoms with van der Waals surface area (Å²) in [6.45, 7) is 1.65. The van der Waals surface area contributed by atoms with Crippen molar-refractivity contribution in [3.05, 3.63) is 91.3 Å². The van der Waals surface area contributed by atoms with Crippen LogP contribution < -0.4 is 15.4 Å². The van der Waals surface area contributed by atoms with Gasteiger partial charge in [-0.05, 0) is 77.5 Å². The largest absolute Gasteiger partial charge is 0.482 e. The summed E-state index contributed by atoms with van der Waals surface area (Å²) >= 11 is 12.7. The van der Waals surface area contributed by atoms with Crippen molar-refractivity contribution in [2.45, 2.75) is 6.92 Å². The molecule has 0 heterocycles. The van der Waals surface area contributed by atoms with Crippen molar-refractivity contribution < 1.29 is 14.3 Å². The van der Waals surface area contributed by atoms with Crippen LogP contribution >= 0.6 is 43.5 Å². The number of halogens is 3. The molecule has 0 atom stereocenters. The van der Waals surface area contributed by atoms with Crippen LogP contribution in [0.15, 0.2) is 75.2 Å². The van der Waals surface area contributed by atoms with E-state index in [-0.39, 0.29) is 18.1 Å². The first kappa shape index (κ1) is 25.5. The predicted octanol–water partition coefficient (Wildman–Crippen LogP) is 6.74. The first-order valence-electron chi connectivity index (χ1n) is 9.92. The number of nitrogens with one attached hydrogen (secondary N) is 2. The van der Waals surface area contributed by atoms with Crippen molar-refractivity contribution in [3.63, 3.8) is 0 Å². The van der Waals surface area contributed by atoms with Gasteiger partial charge in [0.2, 0.25) is 0 Å². The maximum absolute atomic E-state index is 12.7. The number of amides is 2. The van der Waals surface area contributed by atoms with Crippen LogP contribution in [-0.2, 0) is 9.59 Å². The summed E-state index contributed by atoms with van der Waals surface area (Å²) in [4.78, 5) is 25.0. The number of aryl methyl sites for hydroxylation is 1. The molecular formula is C25H18Br2ClN3O3. The standard InChI is InChI=1S/C25H18Br2ClN3O3/c1-15-2-6-21(7-3-15)31-25(33)17(13-29)10-16-11-18(26)12-22(27)24(16)34-14-23(32)30-20-8-4-19(28)5-9-20/h2-12H,14H2,1H3,(H,30,32)(H,31,33)/b17-10-. The van der Waals surface area contributed by atoms with E-state index in [4.69, 9.17) is 16.3 Å². The van der Waals surface area contributed by atoms with Gasteiger partial charge in [0.25, 0.3) is 11.8 Å². The molecule has 0 aliphatic carbocycles. The van der Waals surface area contributed by atoms with Crippen LogP contribution in [0.25, 0.3) is 6.08 Å². The Kier molecular flexibility index (Phi) is 8.88. The molecule has 3 aromatic rings. The van der Waals surface area contributed by atoms with Crippen LogP contribution in [0.3, 0.4) is 0 Å². The van der Waals surface area contributed by atoms with E-state index < -0.39 is 5.91 Å². The third-order valence-electron chi connectivity index (χ3n) is 4.49. The number of nitriles is 1. The van der Waals surface area contributed by atoms with Gasteiger partial charge < -0.3 is 15.4 Å². The topological polar surface area (TPSA) is 91.2 Å². The highest BCUT2D eigenvalue weighted by atomic mass is 79.9. The molecule has 2 N–H and O–H groups in total. The van der Waals surface area contributed by atoms with E-state index in [1.54, 1.807) is 48.5 Å². The van der Waals surface area contributed by atoms with Gasteiger partial charge in [-0.2, -0.15) is 5.26 Å². The molecule has 0 saturated heterocycles. The maximum Gasteiger partial charge on any atom is 0.266 e. The summed E-state index contributed by atoms with van der Waals surface area (Å²) in [6.07, 6.45) is 1.41. The molecular weight excluding hydrogens is 586 g/mol. The van der Waals surface area contributed by atoms with Gasteiger partial charge in [0.15, 0.2) is 6.61 Å². The third kappa shape index (κ3) is 7.19. The molecule has 0 aromatic heterocycles. The summed E-state index contributed by atoms with van der Waals surface area (Å²) in [6, 6.07) is 19.3. The van der Waals surface area contributed by atoms with Crippen molar-refractivity contribution in [1.29, 1.82) is 5.26 Å². The molecule has 9 heteroatoms. The Morgan fingerprint density at radius 2 is 1.65 bits per heavy atom. The zero-order valence-corrected chi connectivity index (χ0v) is 21.8. The number of anilines is 2. The van der Waals surface area contributed by atoms with Gasteiger partial charge in [-0.25, -0.2) is 0 Å². The molecule has 0 aliphatic heterocycles. The zero-order chi connectivity index (χ0) is 24.7. The van der Waals surface area contributed by atoms with Crippen molar-refractivity contribution >= 4 is 72.7 Å². The quantitative estimate of drug-likeness (QED) is 0.231. The lowest BCUT2D eigenvalue weighted by Crippen LogP contribution is -2.20. The van der Waals surface area contributed by atoms with Crippen molar-refractivity contribution in [2.75, 3.05) is 17.2 Å². The van der Waals surface area contributed by atoms with Crippen LogP contribution in [0.4, 0.5) is 11.4 Å². The van der Waals surface area contributed by atoms with E-state index in [1.165, 1.54) is 6.08 Å². The summed E-state index contributed by atoms with van der Waals surface area (Å²) in [7, 11) is 0. The number of nitrogens with zero attached hydrogens (tertiary/aromatic N) is 1. The molecule has 0 aliphatic rings. The molecule has 3 aromatic carbocycles. The molecule has 0 spiro atoms. The maximum atomic E-state index is 12.7. The minimum Gasteiger partial charge on any atom is -0.482 e. The summed E-state index contributed by atoms with van der Waals surface area (Å²) in [5, 5.41) is 15.6. The highest BCUT2D eigenvalue weighted by Crippen LogP contribution is 2.34. The fourth-order valence-electron chi connectivity index (χ4n) is 2.85.